The number of carbonyl (C=O) groups is 1. The zero-order valence-corrected chi connectivity index (χ0v) is 15.9. The van der Waals surface area contributed by atoms with Crippen LogP contribution in [0.4, 0.5) is 0 Å². The summed E-state index contributed by atoms with van der Waals surface area (Å²) in [4.78, 5) is 23.4. The van der Waals surface area contributed by atoms with Crippen molar-refractivity contribution in [3.8, 4) is 22.4 Å². The molecule has 3 aromatic rings. The number of pyridine rings is 1. The zero-order valence-electron chi connectivity index (χ0n) is 15.9. The number of aromatic amines is 1. The Morgan fingerprint density at radius 1 is 0.926 bits per heavy atom. The van der Waals surface area contributed by atoms with Gasteiger partial charge in [-0.15, -0.1) is 0 Å². The number of benzene rings is 1. The van der Waals surface area contributed by atoms with E-state index in [1.54, 1.807) is 6.20 Å². The van der Waals surface area contributed by atoms with Gasteiger partial charge in [-0.1, -0.05) is 50.1 Å². The van der Waals surface area contributed by atoms with E-state index in [9.17, 15) is 4.79 Å². The van der Waals surface area contributed by atoms with Crippen molar-refractivity contribution in [2.24, 2.45) is 0 Å². The van der Waals surface area contributed by atoms with Crippen molar-refractivity contribution in [2.75, 3.05) is 0 Å². The predicted octanol–water partition coefficient (Wildman–Crippen LogP) is 5.61. The number of Topliss-reactive ketones (excluding diaryl/α,β-unsaturated/α-hetero) is 1. The van der Waals surface area contributed by atoms with Gasteiger partial charge in [-0.25, -0.2) is 4.98 Å². The molecule has 0 aliphatic heterocycles. The van der Waals surface area contributed by atoms with Gasteiger partial charge in [-0.05, 0) is 35.6 Å². The minimum atomic E-state index is 0.375. The maximum atomic E-state index is 11.3. The highest BCUT2D eigenvalue weighted by Gasteiger charge is 2.05. The van der Waals surface area contributed by atoms with E-state index in [2.05, 4.69) is 45.3 Å². The molecule has 0 bridgehead atoms. The molecule has 0 aliphatic rings. The summed E-state index contributed by atoms with van der Waals surface area (Å²) in [7, 11) is 0. The van der Waals surface area contributed by atoms with E-state index < -0.39 is 0 Å². The molecular weight excluding hydrogens is 334 g/mol. The van der Waals surface area contributed by atoms with Gasteiger partial charge in [0.05, 0.1) is 11.9 Å². The number of hydrogen-bond acceptors (Lipinski definition) is 3. The minimum Gasteiger partial charge on any atom is -0.342 e. The Bertz CT molecular complexity index is 838. The minimum absolute atomic E-state index is 0.375. The number of nitrogens with zero attached hydrogens (tertiary/aromatic N) is 2. The van der Waals surface area contributed by atoms with E-state index in [-0.39, 0.29) is 0 Å². The molecule has 0 saturated carbocycles. The normalized spacial score (nSPS) is 10.9. The van der Waals surface area contributed by atoms with Crippen molar-refractivity contribution in [3.63, 3.8) is 0 Å². The van der Waals surface area contributed by atoms with Crippen LogP contribution in [-0.4, -0.2) is 20.7 Å². The fourth-order valence-electron chi connectivity index (χ4n) is 3.16. The third-order valence-electron chi connectivity index (χ3n) is 4.83. The lowest BCUT2D eigenvalue weighted by Gasteiger charge is -2.03. The van der Waals surface area contributed by atoms with Crippen LogP contribution < -0.4 is 0 Å². The van der Waals surface area contributed by atoms with Gasteiger partial charge >= 0.3 is 0 Å². The molecule has 1 aromatic carbocycles. The molecule has 0 unspecified atom stereocenters. The molecule has 0 fully saturated rings. The van der Waals surface area contributed by atoms with E-state index >= 15 is 0 Å². The summed E-state index contributed by atoms with van der Waals surface area (Å²) in [5, 5.41) is 0. The smallest absolute Gasteiger partial charge is 0.132 e. The Kier molecular flexibility index (Phi) is 6.91. The lowest BCUT2D eigenvalue weighted by Crippen LogP contribution is -1.94. The SMILES string of the molecule is CCC(=O)CCCCCCc1ncc(-c2ccc(-c3cccnc3)cc2)[nH]1. The molecule has 0 aliphatic carbocycles. The summed E-state index contributed by atoms with van der Waals surface area (Å²) in [6.45, 7) is 1.93. The number of rotatable bonds is 10. The quantitative estimate of drug-likeness (QED) is 0.477. The first-order chi connectivity index (χ1) is 13.3. The number of hydrogen-bond donors (Lipinski definition) is 1. The molecule has 140 valence electrons. The molecule has 2 aromatic heterocycles. The third-order valence-corrected chi connectivity index (χ3v) is 4.83. The van der Waals surface area contributed by atoms with Gasteiger partial charge in [0.2, 0.25) is 0 Å². The highest BCUT2D eigenvalue weighted by Crippen LogP contribution is 2.23. The van der Waals surface area contributed by atoms with Gasteiger partial charge in [-0.3, -0.25) is 9.78 Å². The van der Waals surface area contributed by atoms with Crippen molar-refractivity contribution >= 4 is 5.78 Å². The number of aromatic nitrogens is 3. The maximum Gasteiger partial charge on any atom is 0.132 e. The Morgan fingerprint density at radius 3 is 2.44 bits per heavy atom. The fourth-order valence-corrected chi connectivity index (χ4v) is 3.16. The van der Waals surface area contributed by atoms with Crippen molar-refractivity contribution in [1.82, 2.24) is 15.0 Å². The molecule has 3 rings (SSSR count). The van der Waals surface area contributed by atoms with Crippen LogP contribution in [0.5, 0.6) is 0 Å². The molecule has 1 N–H and O–H groups in total. The van der Waals surface area contributed by atoms with Crippen LogP contribution >= 0.6 is 0 Å². The first-order valence-corrected chi connectivity index (χ1v) is 9.82. The number of ketones is 1. The topological polar surface area (TPSA) is 58.6 Å². The Morgan fingerprint density at radius 2 is 1.70 bits per heavy atom. The molecule has 0 radical (unpaired) electrons. The first kappa shape index (κ1) is 19.0. The number of nitrogens with one attached hydrogen (secondary N) is 1. The number of aryl methyl sites for hydroxylation is 1. The van der Waals surface area contributed by atoms with Crippen LogP contribution in [0.25, 0.3) is 22.4 Å². The Hall–Kier alpha value is -2.75. The van der Waals surface area contributed by atoms with Crippen molar-refractivity contribution < 1.29 is 4.79 Å². The molecular formula is C23H27N3O. The summed E-state index contributed by atoms with van der Waals surface area (Å²) in [6.07, 6.45) is 12.3. The zero-order chi connectivity index (χ0) is 18.9. The standard InChI is InChI=1S/C23H27N3O/c1-2-21(27)9-5-3-4-6-10-23-25-17-22(26-23)19-13-11-18(12-14-19)20-8-7-15-24-16-20/h7-8,11-17H,2-6,9-10H2,1H3,(H,25,26). The average Bonchev–Trinajstić information content (AvgIpc) is 3.20. The van der Waals surface area contributed by atoms with Crippen molar-refractivity contribution in [3.05, 3.63) is 60.8 Å². The highest BCUT2D eigenvalue weighted by atomic mass is 16.1. The largest absolute Gasteiger partial charge is 0.342 e. The third kappa shape index (κ3) is 5.61. The van der Waals surface area contributed by atoms with E-state index in [0.717, 1.165) is 66.7 Å². The molecule has 0 amide bonds. The average molecular weight is 361 g/mol. The van der Waals surface area contributed by atoms with Gasteiger partial charge in [0, 0.05) is 31.7 Å². The second-order valence-electron chi connectivity index (χ2n) is 6.87. The van der Waals surface area contributed by atoms with Crippen LogP contribution in [0.1, 0.15) is 51.3 Å². The van der Waals surface area contributed by atoms with E-state index in [4.69, 9.17) is 0 Å². The summed E-state index contributed by atoms with van der Waals surface area (Å²) in [5.74, 6) is 1.41. The molecule has 2 heterocycles. The second-order valence-corrected chi connectivity index (χ2v) is 6.87. The summed E-state index contributed by atoms with van der Waals surface area (Å²) in [6, 6.07) is 12.5. The van der Waals surface area contributed by atoms with E-state index in [0.29, 0.717) is 12.2 Å². The van der Waals surface area contributed by atoms with Crippen LogP contribution in [0.3, 0.4) is 0 Å². The number of carbonyl (C=O) groups excluding carboxylic acids is 1. The van der Waals surface area contributed by atoms with Gasteiger partial charge in [-0.2, -0.15) is 0 Å². The summed E-state index contributed by atoms with van der Waals surface area (Å²) in [5.41, 5.74) is 4.47. The number of H-pyrrole nitrogens is 1. The van der Waals surface area contributed by atoms with E-state index in [1.807, 2.05) is 25.4 Å². The van der Waals surface area contributed by atoms with Crippen LogP contribution in [0, 0.1) is 0 Å². The van der Waals surface area contributed by atoms with Crippen molar-refractivity contribution in [1.29, 1.82) is 0 Å². The van der Waals surface area contributed by atoms with Crippen molar-refractivity contribution in [2.45, 2.75) is 51.9 Å². The lowest BCUT2D eigenvalue weighted by atomic mass is 10.0. The van der Waals surface area contributed by atoms with Crippen LogP contribution in [0.2, 0.25) is 0 Å². The monoisotopic (exact) mass is 361 g/mol. The van der Waals surface area contributed by atoms with Gasteiger partial charge in [0.25, 0.3) is 0 Å². The van der Waals surface area contributed by atoms with Gasteiger partial charge < -0.3 is 4.98 Å². The summed E-state index contributed by atoms with van der Waals surface area (Å²) < 4.78 is 0. The van der Waals surface area contributed by atoms with E-state index in [1.165, 1.54) is 0 Å². The molecule has 4 nitrogen and oxygen atoms in total. The summed E-state index contributed by atoms with van der Waals surface area (Å²) >= 11 is 0. The van der Waals surface area contributed by atoms with Crippen LogP contribution in [-0.2, 0) is 11.2 Å². The number of unbranched alkanes of at least 4 members (excludes halogenated alkanes) is 3. The second kappa shape index (κ2) is 9.81. The predicted molar refractivity (Wildman–Crippen MR) is 109 cm³/mol. The van der Waals surface area contributed by atoms with Gasteiger partial charge in [0.1, 0.15) is 11.6 Å². The lowest BCUT2D eigenvalue weighted by molar-refractivity contribution is -0.118. The number of imidazole rings is 1. The molecule has 0 spiro atoms. The Balaban J connectivity index is 1.48. The van der Waals surface area contributed by atoms with Crippen LogP contribution in [0.15, 0.2) is 55.0 Å². The highest BCUT2D eigenvalue weighted by molar-refractivity contribution is 5.77. The molecule has 27 heavy (non-hydrogen) atoms. The maximum absolute atomic E-state index is 11.3. The molecule has 0 atom stereocenters. The first-order valence-electron chi connectivity index (χ1n) is 9.82. The molecule has 0 saturated heterocycles. The Labute approximate surface area is 161 Å². The molecule has 4 heteroatoms. The van der Waals surface area contributed by atoms with Gasteiger partial charge in [0.15, 0.2) is 0 Å². The fraction of sp³-hybridized carbons (Fsp3) is 0.348.